The molecule has 0 aromatic heterocycles. The molecule has 0 bridgehead atoms. The Balaban J connectivity index is 1.39. The highest BCUT2D eigenvalue weighted by molar-refractivity contribution is 5.80. The highest BCUT2D eigenvalue weighted by Gasteiger charge is 2.29. The molecule has 2 saturated heterocycles. The van der Waals surface area contributed by atoms with E-state index in [0.717, 1.165) is 58.7 Å². The number of nitrogens with one attached hydrogen (secondary N) is 1. The van der Waals surface area contributed by atoms with Crippen LogP contribution in [0.3, 0.4) is 0 Å². The molecule has 2 fully saturated rings. The van der Waals surface area contributed by atoms with E-state index >= 15 is 0 Å². The van der Waals surface area contributed by atoms with Crippen LogP contribution in [0.1, 0.15) is 18.4 Å². The van der Waals surface area contributed by atoms with E-state index in [1.165, 1.54) is 12.0 Å². The van der Waals surface area contributed by atoms with E-state index in [1.807, 2.05) is 0 Å². The number of amides is 1. The first-order valence-electron chi connectivity index (χ1n) is 8.59. The maximum atomic E-state index is 12.3. The first kappa shape index (κ1) is 15.5. The Morgan fingerprint density at radius 1 is 1.09 bits per heavy atom. The van der Waals surface area contributed by atoms with Gasteiger partial charge >= 0.3 is 0 Å². The zero-order valence-corrected chi connectivity index (χ0v) is 13.3. The zero-order valence-electron chi connectivity index (χ0n) is 13.3. The van der Waals surface area contributed by atoms with Gasteiger partial charge in [0.25, 0.3) is 0 Å². The fraction of sp³-hybridized carbons (Fsp3) is 0.611. The molecule has 0 spiro atoms. The summed E-state index contributed by atoms with van der Waals surface area (Å²) < 4.78 is 0. The Labute approximate surface area is 133 Å². The minimum absolute atomic E-state index is 0.240. The SMILES string of the molecule is O=C(C1CNC1)N1CCCN(CCCc2ccccc2)CC1. The number of aryl methyl sites for hydroxylation is 1. The van der Waals surface area contributed by atoms with E-state index in [4.69, 9.17) is 0 Å². The molecule has 1 aromatic carbocycles. The number of carbonyl (C=O) groups is 1. The van der Waals surface area contributed by atoms with Crippen molar-refractivity contribution in [1.82, 2.24) is 15.1 Å². The molecule has 2 aliphatic rings. The molecule has 0 radical (unpaired) electrons. The van der Waals surface area contributed by atoms with Crippen molar-refractivity contribution in [3.05, 3.63) is 35.9 Å². The van der Waals surface area contributed by atoms with Crippen LogP contribution in [-0.4, -0.2) is 61.5 Å². The summed E-state index contributed by atoms with van der Waals surface area (Å²) in [5.41, 5.74) is 1.42. The van der Waals surface area contributed by atoms with E-state index in [-0.39, 0.29) is 5.92 Å². The Morgan fingerprint density at radius 3 is 2.64 bits per heavy atom. The summed E-state index contributed by atoms with van der Waals surface area (Å²) in [4.78, 5) is 16.9. The molecule has 22 heavy (non-hydrogen) atoms. The fourth-order valence-corrected chi connectivity index (χ4v) is 3.29. The molecule has 1 aromatic rings. The molecule has 0 saturated carbocycles. The maximum absolute atomic E-state index is 12.3. The Hall–Kier alpha value is -1.39. The quantitative estimate of drug-likeness (QED) is 0.892. The summed E-state index contributed by atoms with van der Waals surface area (Å²) in [6.45, 7) is 6.88. The van der Waals surface area contributed by atoms with Gasteiger partial charge in [-0.3, -0.25) is 4.79 Å². The van der Waals surface area contributed by atoms with Crippen molar-refractivity contribution in [3.63, 3.8) is 0 Å². The highest BCUT2D eigenvalue weighted by atomic mass is 16.2. The molecule has 2 heterocycles. The zero-order chi connectivity index (χ0) is 15.2. The molecule has 3 rings (SSSR count). The van der Waals surface area contributed by atoms with Crippen LogP contribution in [0.15, 0.2) is 30.3 Å². The standard InChI is InChI=1S/C18H27N3O/c22-18(17-14-19-15-17)21-11-5-10-20(12-13-21)9-4-8-16-6-2-1-3-7-16/h1-3,6-7,17,19H,4-5,8-15H2. The molecule has 4 heteroatoms. The molecule has 120 valence electrons. The number of hydrogen-bond donors (Lipinski definition) is 1. The van der Waals surface area contributed by atoms with Gasteiger partial charge in [0.1, 0.15) is 0 Å². The minimum Gasteiger partial charge on any atom is -0.341 e. The van der Waals surface area contributed by atoms with Crippen molar-refractivity contribution in [2.45, 2.75) is 19.3 Å². The van der Waals surface area contributed by atoms with Crippen molar-refractivity contribution in [2.24, 2.45) is 5.92 Å². The molecular formula is C18H27N3O. The van der Waals surface area contributed by atoms with Crippen molar-refractivity contribution in [1.29, 1.82) is 0 Å². The van der Waals surface area contributed by atoms with Gasteiger partial charge in [0, 0.05) is 32.7 Å². The smallest absolute Gasteiger partial charge is 0.228 e. The lowest BCUT2D eigenvalue weighted by Gasteiger charge is -2.31. The summed E-state index contributed by atoms with van der Waals surface area (Å²) in [6.07, 6.45) is 3.45. The number of carbonyl (C=O) groups excluding carboxylic acids is 1. The Bertz CT molecular complexity index is 472. The largest absolute Gasteiger partial charge is 0.341 e. The number of benzene rings is 1. The third-order valence-electron chi connectivity index (χ3n) is 4.81. The molecule has 0 aliphatic carbocycles. The second-order valence-corrected chi connectivity index (χ2v) is 6.46. The van der Waals surface area contributed by atoms with Gasteiger partial charge in [-0.2, -0.15) is 0 Å². The van der Waals surface area contributed by atoms with Gasteiger partial charge in [0.2, 0.25) is 5.91 Å². The number of rotatable bonds is 5. The monoisotopic (exact) mass is 301 g/mol. The van der Waals surface area contributed by atoms with Gasteiger partial charge in [0.05, 0.1) is 5.92 Å². The van der Waals surface area contributed by atoms with Crippen molar-refractivity contribution in [2.75, 3.05) is 45.8 Å². The molecule has 1 amide bonds. The molecule has 1 N–H and O–H groups in total. The van der Waals surface area contributed by atoms with Crippen molar-refractivity contribution in [3.8, 4) is 0 Å². The van der Waals surface area contributed by atoms with Crippen LogP contribution in [0.5, 0.6) is 0 Å². The summed E-state index contributed by atoms with van der Waals surface area (Å²) in [6, 6.07) is 10.7. The van der Waals surface area contributed by atoms with E-state index in [9.17, 15) is 4.79 Å². The molecular weight excluding hydrogens is 274 g/mol. The third kappa shape index (κ3) is 4.08. The van der Waals surface area contributed by atoms with Gasteiger partial charge in [-0.05, 0) is 37.9 Å². The second kappa shape index (κ2) is 7.75. The van der Waals surface area contributed by atoms with Crippen LogP contribution in [0, 0.1) is 5.92 Å². The highest BCUT2D eigenvalue weighted by Crippen LogP contribution is 2.12. The van der Waals surface area contributed by atoms with Gasteiger partial charge in [-0.15, -0.1) is 0 Å². The Kier molecular flexibility index (Phi) is 5.46. The van der Waals surface area contributed by atoms with Gasteiger partial charge in [0.15, 0.2) is 0 Å². The van der Waals surface area contributed by atoms with Crippen LogP contribution in [0.25, 0.3) is 0 Å². The van der Waals surface area contributed by atoms with Gasteiger partial charge < -0.3 is 15.1 Å². The second-order valence-electron chi connectivity index (χ2n) is 6.46. The number of hydrogen-bond acceptors (Lipinski definition) is 3. The van der Waals surface area contributed by atoms with E-state index < -0.39 is 0 Å². The van der Waals surface area contributed by atoms with Crippen LogP contribution >= 0.6 is 0 Å². The average molecular weight is 301 g/mol. The predicted octanol–water partition coefficient (Wildman–Crippen LogP) is 1.37. The topological polar surface area (TPSA) is 35.6 Å². The maximum Gasteiger partial charge on any atom is 0.228 e. The van der Waals surface area contributed by atoms with Crippen molar-refractivity contribution >= 4 is 5.91 Å². The molecule has 2 aliphatic heterocycles. The molecule has 0 atom stereocenters. The summed E-state index contributed by atoms with van der Waals surface area (Å²) in [5.74, 6) is 0.606. The summed E-state index contributed by atoms with van der Waals surface area (Å²) in [5, 5.41) is 3.19. The van der Waals surface area contributed by atoms with E-state index in [0.29, 0.717) is 5.91 Å². The summed E-state index contributed by atoms with van der Waals surface area (Å²) >= 11 is 0. The Morgan fingerprint density at radius 2 is 1.91 bits per heavy atom. The molecule has 4 nitrogen and oxygen atoms in total. The first-order chi connectivity index (χ1) is 10.8. The third-order valence-corrected chi connectivity index (χ3v) is 4.81. The number of nitrogens with zero attached hydrogens (tertiary/aromatic N) is 2. The van der Waals surface area contributed by atoms with Crippen LogP contribution in [0.2, 0.25) is 0 Å². The first-order valence-corrected chi connectivity index (χ1v) is 8.59. The predicted molar refractivity (Wildman–Crippen MR) is 88.8 cm³/mol. The van der Waals surface area contributed by atoms with Gasteiger partial charge in [-0.1, -0.05) is 30.3 Å². The minimum atomic E-state index is 0.240. The fourth-order valence-electron chi connectivity index (χ4n) is 3.29. The summed E-state index contributed by atoms with van der Waals surface area (Å²) in [7, 11) is 0. The lowest BCUT2D eigenvalue weighted by Crippen LogP contribution is -2.52. The van der Waals surface area contributed by atoms with E-state index in [2.05, 4.69) is 45.4 Å². The van der Waals surface area contributed by atoms with E-state index in [1.54, 1.807) is 0 Å². The van der Waals surface area contributed by atoms with Crippen molar-refractivity contribution < 1.29 is 4.79 Å². The van der Waals surface area contributed by atoms with Gasteiger partial charge in [-0.25, -0.2) is 0 Å². The van der Waals surface area contributed by atoms with Crippen LogP contribution in [-0.2, 0) is 11.2 Å². The van der Waals surface area contributed by atoms with Crippen LogP contribution < -0.4 is 5.32 Å². The average Bonchev–Trinajstić information content (AvgIpc) is 2.72. The normalized spacial score (nSPS) is 20.5. The van der Waals surface area contributed by atoms with Crippen LogP contribution in [0.4, 0.5) is 0 Å². The molecule has 0 unspecified atom stereocenters. The lowest BCUT2D eigenvalue weighted by atomic mass is 10.0. The lowest BCUT2D eigenvalue weighted by molar-refractivity contribution is -0.136.